The van der Waals surface area contributed by atoms with Gasteiger partial charge in [-0.15, -0.1) is 0 Å². The van der Waals surface area contributed by atoms with Gasteiger partial charge in [0.05, 0.1) is 13.0 Å². The number of rotatable bonds is 3. The maximum absolute atomic E-state index is 11.9. The van der Waals surface area contributed by atoms with E-state index in [4.69, 9.17) is 4.74 Å². The molecular formula is C14H18O3. The van der Waals surface area contributed by atoms with Crippen molar-refractivity contribution in [3.63, 3.8) is 0 Å². The SMILES string of the molecule is COC(=O)[C@@H](c1ccccc1O)C1CCCC1. The number of hydrogen-bond donors (Lipinski definition) is 1. The molecule has 1 atom stereocenters. The summed E-state index contributed by atoms with van der Waals surface area (Å²) >= 11 is 0. The molecule has 3 heteroatoms. The molecule has 0 bridgehead atoms. The standard InChI is InChI=1S/C14H18O3/c1-17-14(16)13(10-6-2-3-7-10)11-8-4-5-9-12(11)15/h4-5,8-10,13,15H,2-3,6-7H2,1H3/t13-/m1/s1. The zero-order valence-electron chi connectivity index (χ0n) is 10.1. The lowest BCUT2D eigenvalue weighted by Crippen LogP contribution is -2.21. The van der Waals surface area contributed by atoms with Gasteiger partial charge < -0.3 is 9.84 Å². The molecule has 17 heavy (non-hydrogen) atoms. The summed E-state index contributed by atoms with van der Waals surface area (Å²) in [5, 5.41) is 9.88. The maximum atomic E-state index is 11.9. The number of aromatic hydroxyl groups is 1. The van der Waals surface area contributed by atoms with E-state index in [1.807, 2.05) is 12.1 Å². The number of carbonyl (C=O) groups excluding carboxylic acids is 1. The molecule has 1 fully saturated rings. The predicted molar refractivity (Wildman–Crippen MR) is 64.8 cm³/mol. The van der Waals surface area contributed by atoms with Gasteiger partial charge in [0.1, 0.15) is 5.75 Å². The normalized spacial score (nSPS) is 17.9. The first-order chi connectivity index (χ1) is 8.24. The average molecular weight is 234 g/mol. The van der Waals surface area contributed by atoms with Crippen molar-refractivity contribution in [2.45, 2.75) is 31.6 Å². The number of carbonyl (C=O) groups is 1. The van der Waals surface area contributed by atoms with Gasteiger partial charge in [-0.25, -0.2) is 0 Å². The highest BCUT2D eigenvalue weighted by Gasteiger charge is 2.34. The molecule has 0 saturated heterocycles. The third kappa shape index (κ3) is 2.43. The molecule has 1 saturated carbocycles. The van der Waals surface area contributed by atoms with E-state index in [2.05, 4.69) is 0 Å². The van der Waals surface area contributed by atoms with Crippen LogP contribution in [0.3, 0.4) is 0 Å². The molecule has 0 heterocycles. The molecule has 1 N–H and O–H groups in total. The van der Waals surface area contributed by atoms with Gasteiger partial charge in [0.25, 0.3) is 0 Å². The van der Waals surface area contributed by atoms with Crippen LogP contribution in [-0.4, -0.2) is 18.2 Å². The largest absolute Gasteiger partial charge is 0.508 e. The van der Waals surface area contributed by atoms with Crippen molar-refractivity contribution in [3.8, 4) is 5.75 Å². The highest BCUT2D eigenvalue weighted by Crippen LogP contribution is 2.40. The van der Waals surface area contributed by atoms with Gasteiger partial charge in [0.15, 0.2) is 0 Å². The van der Waals surface area contributed by atoms with E-state index < -0.39 is 0 Å². The van der Waals surface area contributed by atoms with Crippen LogP contribution in [0.5, 0.6) is 5.75 Å². The van der Waals surface area contributed by atoms with E-state index in [1.54, 1.807) is 12.1 Å². The summed E-state index contributed by atoms with van der Waals surface area (Å²) in [5.41, 5.74) is 0.700. The Balaban J connectivity index is 2.32. The number of phenols is 1. The van der Waals surface area contributed by atoms with Crippen molar-refractivity contribution in [2.75, 3.05) is 7.11 Å². The summed E-state index contributed by atoms with van der Waals surface area (Å²) in [5.74, 6) is -0.0624. The predicted octanol–water partition coefficient (Wildman–Crippen LogP) is 2.84. The van der Waals surface area contributed by atoms with Crippen LogP contribution in [0, 0.1) is 5.92 Å². The van der Waals surface area contributed by atoms with Crippen molar-refractivity contribution < 1.29 is 14.6 Å². The Kier molecular flexibility index (Phi) is 3.67. The van der Waals surface area contributed by atoms with Gasteiger partial charge in [0, 0.05) is 5.56 Å². The lowest BCUT2D eigenvalue weighted by atomic mass is 9.84. The molecule has 0 radical (unpaired) electrons. The second kappa shape index (κ2) is 5.21. The third-order valence-electron chi connectivity index (χ3n) is 3.60. The summed E-state index contributed by atoms with van der Waals surface area (Å²) < 4.78 is 4.88. The molecule has 92 valence electrons. The summed E-state index contributed by atoms with van der Waals surface area (Å²) in [6.45, 7) is 0. The lowest BCUT2D eigenvalue weighted by molar-refractivity contribution is -0.143. The fourth-order valence-electron chi connectivity index (χ4n) is 2.74. The van der Waals surface area contributed by atoms with Crippen LogP contribution in [0.2, 0.25) is 0 Å². The second-order valence-electron chi connectivity index (χ2n) is 4.60. The minimum Gasteiger partial charge on any atom is -0.508 e. The summed E-state index contributed by atoms with van der Waals surface area (Å²) in [7, 11) is 1.41. The Bertz CT molecular complexity index is 394. The van der Waals surface area contributed by atoms with Crippen molar-refractivity contribution in [1.82, 2.24) is 0 Å². The zero-order chi connectivity index (χ0) is 12.3. The molecule has 0 aliphatic heterocycles. The molecular weight excluding hydrogens is 216 g/mol. The van der Waals surface area contributed by atoms with Gasteiger partial charge in [-0.1, -0.05) is 31.0 Å². The second-order valence-corrected chi connectivity index (χ2v) is 4.60. The van der Waals surface area contributed by atoms with Gasteiger partial charge in [-0.3, -0.25) is 4.79 Å². The number of ether oxygens (including phenoxy) is 1. The van der Waals surface area contributed by atoms with E-state index in [0.29, 0.717) is 11.5 Å². The van der Waals surface area contributed by atoms with E-state index in [-0.39, 0.29) is 17.6 Å². The Morgan fingerprint density at radius 2 is 2.00 bits per heavy atom. The molecule has 1 aliphatic rings. The Morgan fingerprint density at radius 3 is 2.59 bits per heavy atom. The van der Waals surface area contributed by atoms with E-state index in [1.165, 1.54) is 7.11 Å². The van der Waals surface area contributed by atoms with Crippen LogP contribution >= 0.6 is 0 Å². The monoisotopic (exact) mass is 234 g/mol. The fourth-order valence-corrected chi connectivity index (χ4v) is 2.74. The highest BCUT2D eigenvalue weighted by atomic mass is 16.5. The molecule has 0 spiro atoms. The first kappa shape index (κ1) is 12.0. The van der Waals surface area contributed by atoms with Crippen molar-refractivity contribution >= 4 is 5.97 Å². The molecule has 1 aromatic carbocycles. The lowest BCUT2D eigenvalue weighted by Gasteiger charge is -2.22. The molecule has 3 nitrogen and oxygen atoms in total. The topological polar surface area (TPSA) is 46.5 Å². The Hall–Kier alpha value is -1.51. The van der Waals surface area contributed by atoms with E-state index in [9.17, 15) is 9.90 Å². The smallest absolute Gasteiger partial charge is 0.313 e. The molecule has 1 aliphatic carbocycles. The van der Waals surface area contributed by atoms with Crippen LogP contribution < -0.4 is 0 Å². The summed E-state index contributed by atoms with van der Waals surface area (Å²) in [4.78, 5) is 11.9. The molecule has 0 unspecified atom stereocenters. The van der Waals surface area contributed by atoms with Crippen molar-refractivity contribution in [1.29, 1.82) is 0 Å². The maximum Gasteiger partial charge on any atom is 0.313 e. The first-order valence-corrected chi connectivity index (χ1v) is 6.09. The minimum absolute atomic E-state index is 0.190. The van der Waals surface area contributed by atoms with Gasteiger partial charge in [-0.2, -0.15) is 0 Å². The van der Waals surface area contributed by atoms with Gasteiger partial charge in [-0.05, 0) is 24.8 Å². The van der Waals surface area contributed by atoms with Crippen LogP contribution in [0.25, 0.3) is 0 Å². The number of methoxy groups -OCH3 is 1. The number of para-hydroxylation sites is 1. The minimum atomic E-state index is -0.316. The number of benzene rings is 1. The summed E-state index contributed by atoms with van der Waals surface area (Å²) in [6.07, 6.45) is 4.39. The number of phenolic OH excluding ortho intramolecular Hbond substituents is 1. The molecule has 2 rings (SSSR count). The number of hydrogen-bond acceptors (Lipinski definition) is 3. The van der Waals surface area contributed by atoms with Gasteiger partial charge >= 0.3 is 5.97 Å². The molecule has 1 aromatic rings. The summed E-state index contributed by atoms with van der Waals surface area (Å²) in [6, 6.07) is 7.05. The van der Waals surface area contributed by atoms with Crippen LogP contribution in [-0.2, 0) is 9.53 Å². The first-order valence-electron chi connectivity index (χ1n) is 6.09. The van der Waals surface area contributed by atoms with Crippen LogP contribution in [0.1, 0.15) is 37.2 Å². The van der Waals surface area contributed by atoms with E-state index >= 15 is 0 Å². The third-order valence-corrected chi connectivity index (χ3v) is 3.60. The van der Waals surface area contributed by atoms with Gasteiger partial charge in [0.2, 0.25) is 0 Å². The molecule has 0 aromatic heterocycles. The van der Waals surface area contributed by atoms with E-state index in [0.717, 1.165) is 25.7 Å². The Labute approximate surface area is 101 Å². The highest BCUT2D eigenvalue weighted by molar-refractivity contribution is 5.79. The quantitative estimate of drug-likeness (QED) is 0.818. The fraction of sp³-hybridized carbons (Fsp3) is 0.500. The molecule has 0 amide bonds. The van der Waals surface area contributed by atoms with Crippen LogP contribution in [0.15, 0.2) is 24.3 Å². The van der Waals surface area contributed by atoms with Crippen molar-refractivity contribution in [2.24, 2.45) is 5.92 Å². The Morgan fingerprint density at radius 1 is 1.35 bits per heavy atom. The number of esters is 1. The van der Waals surface area contributed by atoms with Crippen LogP contribution in [0.4, 0.5) is 0 Å². The zero-order valence-corrected chi connectivity index (χ0v) is 10.1. The van der Waals surface area contributed by atoms with Crippen molar-refractivity contribution in [3.05, 3.63) is 29.8 Å². The average Bonchev–Trinajstić information content (AvgIpc) is 2.85.